The fourth-order valence-electron chi connectivity index (χ4n) is 2.38. The first-order chi connectivity index (χ1) is 9.54. The van der Waals surface area contributed by atoms with Crippen molar-refractivity contribution in [2.24, 2.45) is 5.41 Å². The lowest BCUT2D eigenvalue weighted by molar-refractivity contribution is -0.121. The second kappa shape index (κ2) is 4.37. The van der Waals surface area contributed by atoms with Crippen molar-refractivity contribution in [1.82, 2.24) is 0 Å². The molecule has 0 unspecified atom stereocenters. The van der Waals surface area contributed by atoms with Gasteiger partial charge in [-0.15, -0.1) is 0 Å². The molecule has 5 nitrogen and oxygen atoms in total. The van der Waals surface area contributed by atoms with Gasteiger partial charge in [-0.25, -0.2) is 4.79 Å². The van der Waals surface area contributed by atoms with Crippen LogP contribution < -0.4 is 5.32 Å². The summed E-state index contributed by atoms with van der Waals surface area (Å²) in [5.41, 5.74) is 0.967. The van der Waals surface area contributed by atoms with Crippen LogP contribution in [-0.2, 0) is 4.79 Å². The lowest BCUT2D eigenvalue weighted by Gasteiger charge is -2.12. The summed E-state index contributed by atoms with van der Waals surface area (Å²) in [6, 6.07) is 6.58. The Morgan fingerprint density at radius 1 is 1.35 bits per heavy atom. The van der Waals surface area contributed by atoms with Gasteiger partial charge in [0.25, 0.3) is 0 Å². The molecule has 1 aromatic heterocycles. The Labute approximate surface area is 115 Å². The molecule has 1 aliphatic carbocycles. The molecule has 20 heavy (non-hydrogen) atoms. The number of furan rings is 1. The van der Waals surface area contributed by atoms with E-state index in [4.69, 9.17) is 9.52 Å². The van der Waals surface area contributed by atoms with Crippen LogP contribution in [0.5, 0.6) is 0 Å². The monoisotopic (exact) mass is 273 g/mol. The Morgan fingerprint density at radius 2 is 2.10 bits per heavy atom. The second-order valence-electron chi connectivity index (χ2n) is 5.26. The highest BCUT2D eigenvalue weighted by Crippen LogP contribution is 2.49. The number of hydrogen-bond acceptors (Lipinski definition) is 3. The normalized spacial score (nSPS) is 16.1. The van der Waals surface area contributed by atoms with Crippen LogP contribution in [0.4, 0.5) is 5.69 Å². The zero-order valence-electron chi connectivity index (χ0n) is 11.1. The van der Waals surface area contributed by atoms with E-state index in [1.807, 2.05) is 6.92 Å². The third-order valence-corrected chi connectivity index (χ3v) is 4.00. The third-order valence-electron chi connectivity index (χ3n) is 4.00. The van der Waals surface area contributed by atoms with E-state index in [0.717, 1.165) is 19.3 Å². The van der Waals surface area contributed by atoms with E-state index in [1.165, 1.54) is 6.07 Å². The maximum atomic E-state index is 12.1. The van der Waals surface area contributed by atoms with Crippen LogP contribution in [0.2, 0.25) is 0 Å². The van der Waals surface area contributed by atoms with Gasteiger partial charge in [-0.3, -0.25) is 4.79 Å². The quantitative estimate of drug-likeness (QED) is 0.896. The molecule has 2 N–H and O–H groups in total. The molecule has 0 radical (unpaired) electrons. The number of amides is 1. The average molecular weight is 273 g/mol. The van der Waals surface area contributed by atoms with E-state index in [0.29, 0.717) is 16.7 Å². The maximum absolute atomic E-state index is 12.1. The predicted molar refractivity (Wildman–Crippen MR) is 73.8 cm³/mol. The largest absolute Gasteiger partial charge is 0.475 e. The fourth-order valence-corrected chi connectivity index (χ4v) is 2.38. The molecule has 1 fully saturated rings. The lowest BCUT2D eigenvalue weighted by atomic mass is 10.0. The SMILES string of the molecule is CCC1(C(=O)Nc2ccc3oc(C(=O)O)cc3c2)CC1. The van der Waals surface area contributed by atoms with Crippen LogP contribution in [0.25, 0.3) is 11.0 Å². The van der Waals surface area contributed by atoms with Gasteiger partial charge < -0.3 is 14.8 Å². The van der Waals surface area contributed by atoms with E-state index < -0.39 is 5.97 Å². The second-order valence-corrected chi connectivity index (χ2v) is 5.26. The number of rotatable bonds is 4. The predicted octanol–water partition coefficient (Wildman–Crippen LogP) is 3.26. The molecule has 104 valence electrons. The number of hydrogen-bond donors (Lipinski definition) is 2. The Bertz CT molecular complexity index is 697. The molecule has 0 spiro atoms. The molecule has 3 rings (SSSR count). The molecule has 0 atom stereocenters. The molecule has 0 aliphatic heterocycles. The van der Waals surface area contributed by atoms with Crippen LogP contribution in [0.15, 0.2) is 28.7 Å². The highest BCUT2D eigenvalue weighted by molar-refractivity contribution is 5.99. The zero-order valence-corrected chi connectivity index (χ0v) is 11.1. The fraction of sp³-hybridized carbons (Fsp3) is 0.333. The molecule has 1 aliphatic rings. The standard InChI is InChI=1S/C15H15NO4/c1-2-15(5-6-15)14(19)16-10-3-4-11-9(7-10)8-12(20-11)13(17)18/h3-4,7-8H,2,5-6H2,1H3,(H,16,19)(H,17,18). The molecular formula is C15H15NO4. The van der Waals surface area contributed by atoms with Crippen molar-refractivity contribution in [3.8, 4) is 0 Å². The number of carbonyl (C=O) groups excluding carboxylic acids is 1. The average Bonchev–Trinajstić information content (AvgIpc) is 3.11. The Hall–Kier alpha value is -2.30. The number of nitrogens with one attached hydrogen (secondary N) is 1. The van der Waals surface area contributed by atoms with Gasteiger partial charge in [-0.2, -0.15) is 0 Å². The van der Waals surface area contributed by atoms with Crippen LogP contribution >= 0.6 is 0 Å². The van der Waals surface area contributed by atoms with Crippen LogP contribution in [0.1, 0.15) is 36.7 Å². The Morgan fingerprint density at radius 3 is 2.70 bits per heavy atom. The number of fused-ring (bicyclic) bond motifs is 1. The number of carbonyl (C=O) groups is 2. The summed E-state index contributed by atoms with van der Waals surface area (Å²) in [7, 11) is 0. The Kier molecular flexibility index (Phi) is 2.78. The Balaban J connectivity index is 1.85. The molecule has 1 aromatic carbocycles. The molecule has 2 aromatic rings. The van der Waals surface area contributed by atoms with Crippen LogP contribution in [-0.4, -0.2) is 17.0 Å². The topological polar surface area (TPSA) is 79.5 Å². The van der Waals surface area contributed by atoms with Gasteiger partial charge in [0.1, 0.15) is 5.58 Å². The molecule has 1 amide bonds. The summed E-state index contributed by atoms with van der Waals surface area (Å²) in [6.45, 7) is 2.02. The van der Waals surface area contributed by atoms with Gasteiger partial charge in [-0.05, 0) is 43.5 Å². The van der Waals surface area contributed by atoms with Crippen molar-refractivity contribution in [2.75, 3.05) is 5.32 Å². The summed E-state index contributed by atoms with van der Waals surface area (Å²) >= 11 is 0. The van der Waals surface area contributed by atoms with E-state index in [-0.39, 0.29) is 17.1 Å². The summed E-state index contributed by atoms with van der Waals surface area (Å²) in [4.78, 5) is 23.0. The number of benzene rings is 1. The summed E-state index contributed by atoms with van der Waals surface area (Å²) < 4.78 is 5.18. The minimum atomic E-state index is -1.10. The first kappa shape index (κ1) is 12.7. The highest BCUT2D eigenvalue weighted by Gasteiger charge is 2.47. The smallest absolute Gasteiger partial charge is 0.371 e. The lowest BCUT2D eigenvalue weighted by Crippen LogP contribution is -2.23. The van der Waals surface area contributed by atoms with Gasteiger partial charge in [0, 0.05) is 16.5 Å². The minimum absolute atomic E-state index is 0.0429. The van der Waals surface area contributed by atoms with E-state index in [9.17, 15) is 9.59 Å². The molecule has 1 heterocycles. The minimum Gasteiger partial charge on any atom is -0.475 e. The number of anilines is 1. The van der Waals surface area contributed by atoms with Crippen molar-refractivity contribution in [3.63, 3.8) is 0 Å². The molecular weight excluding hydrogens is 258 g/mol. The summed E-state index contributed by atoms with van der Waals surface area (Å²) in [5.74, 6) is -1.16. The van der Waals surface area contributed by atoms with Crippen molar-refractivity contribution in [3.05, 3.63) is 30.0 Å². The van der Waals surface area contributed by atoms with E-state index in [2.05, 4.69) is 5.32 Å². The van der Waals surface area contributed by atoms with Gasteiger partial charge in [-0.1, -0.05) is 6.92 Å². The molecule has 1 saturated carbocycles. The van der Waals surface area contributed by atoms with Crippen molar-refractivity contribution in [1.29, 1.82) is 0 Å². The molecule has 5 heteroatoms. The number of carboxylic acid groups (broad SMARTS) is 1. The van der Waals surface area contributed by atoms with Gasteiger partial charge in [0.2, 0.25) is 11.7 Å². The van der Waals surface area contributed by atoms with Crippen molar-refractivity contribution < 1.29 is 19.1 Å². The van der Waals surface area contributed by atoms with Gasteiger partial charge in [0.05, 0.1) is 0 Å². The van der Waals surface area contributed by atoms with Crippen molar-refractivity contribution in [2.45, 2.75) is 26.2 Å². The number of aromatic carboxylic acids is 1. The summed E-state index contributed by atoms with van der Waals surface area (Å²) in [6.07, 6.45) is 2.72. The highest BCUT2D eigenvalue weighted by atomic mass is 16.4. The third kappa shape index (κ3) is 2.05. The molecule has 0 saturated heterocycles. The van der Waals surface area contributed by atoms with Gasteiger partial charge in [0.15, 0.2) is 0 Å². The first-order valence-electron chi connectivity index (χ1n) is 6.62. The van der Waals surface area contributed by atoms with Gasteiger partial charge >= 0.3 is 5.97 Å². The zero-order chi connectivity index (χ0) is 14.3. The van der Waals surface area contributed by atoms with Crippen molar-refractivity contribution >= 4 is 28.5 Å². The molecule has 0 bridgehead atoms. The maximum Gasteiger partial charge on any atom is 0.371 e. The van der Waals surface area contributed by atoms with Crippen LogP contribution in [0.3, 0.4) is 0 Å². The summed E-state index contributed by atoms with van der Waals surface area (Å²) in [5, 5.41) is 12.5. The van der Waals surface area contributed by atoms with Crippen LogP contribution in [0, 0.1) is 5.41 Å². The number of carboxylic acids is 1. The van der Waals surface area contributed by atoms with E-state index >= 15 is 0 Å². The van der Waals surface area contributed by atoms with E-state index in [1.54, 1.807) is 18.2 Å². The first-order valence-corrected chi connectivity index (χ1v) is 6.62.